The molecule has 10 heterocycles. The number of hydrogen-bond donors (Lipinski definition) is 4. The Balaban J connectivity index is 0.677. The zero-order valence-corrected chi connectivity index (χ0v) is 43.0. The second-order valence-electron chi connectivity index (χ2n) is 19.7. The Morgan fingerprint density at radius 1 is 0.625 bits per heavy atom. The molecule has 0 aliphatic carbocycles. The Morgan fingerprint density at radius 3 is 1.44 bits per heavy atom. The molecule has 4 aliphatic rings. The molecule has 21 heteroatoms. The number of carbonyl (C=O) groups is 1. The molecule has 17 nitrogen and oxygen atoms in total. The van der Waals surface area contributed by atoms with Crippen LogP contribution in [0.25, 0.3) is 44.8 Å². The number of carbonyl (C=O) groups excluding carboxylic acids is 1. The first kappa shape index (κ1) is 47.4. The zero-order valence-electron chi connectivity index (χ0n) is 40.0. The number of nitrogens with one attached hydrogen (secondary N) is 4. The summed E-state index contributed by atoms with van der Waals surface area (Å²) in [7, 11) is 4.35. The summed E-state index contributed by atoms with van der Waals surface area (Å²) in [6.07, 6.45) is 9.03. The summed E-state index contributed by atoms with van der Waals surface area (Å²) >= 11 is 25.7. The average Bonchev–Trinajstić information content (AvgIpc) is 4.22. The van der Waals surface area contributed by atoms with E-state index < -0.39 is 12.2 Å². The largest absolute Gasteiger partial charge is 0.486 e. The third kappa shape index (κ3) is 8.70. The number of imidazole rings is 2. The lowest BCUT2D eigenvalue weighted by Crippen LogP contribution is -2.53. The number of benzene rings is 2. The van der Waals surface area contributed by atoms with Gasteiger partial charge in [0.05, 0.1) is 66.2 Å². The maximum Gasteiger partial charge on any atom is 0.159 e. The van der Waals surface area contributed by atoms with Crippen LogP contribution in [0.2, 0.25) is 20.1 Å². The fourth-order valence-corrected chi connectivity index (χ4v) is 12.8. The predicted octanol–water partition coefficient (Wildman–Crippen LogP) is 10.1. The summed E-state index contributed by atoms with van der Waals surface area (Å²) in [5.74, 6) is 3.13. The van der Waals surface area contributed by atoms with Crippen molar-refractivity contribution in [1.29, 1.82) is 0 Å². The molecule has 0 radical (unpaired) electrons. The van der Waals surface area contributed by atoms with Crippen molar-refractivity contribution in [3.63, 3.8) is 0 Å². The van der Waals surface area contributed by atoms with Crippen LogP contribution in [0.4, 0.5) is 0 Å². The lowest BCUT2D eigenvalue weighted by atomic mass is 9.79. The molecule has 72 heavy (non-hydrogen) atoms. The number of halogens is 4. The highest BCUT2D eigenvalue weighted by molar-refractivity contribution is 6.36. The molecule has 12 rings (SSSR count). The molecule has 372 valence electrons. The third-order valence-corrected chi connectivity index (χ3v) is 16.4. The van der Waals surface area contributed by atoms with E-state index in [1.54, 1.807) is 24.8 Å². The fraction of sp³-hybridized carbons (Fsp3) is 0.392. The van der Waals surface area contributed by atoms with E-state index in [1.807, 2.05) is 50.2 Å². The van der Waals surface area contributed by atoms with E-state index in [1.165, 1.54) is 0 Å². The van der Waals surface area contributed by atoms with E-state index in [2.05, 4.69) is 74.0 Å². The first-order chi connectivity index (χ1) is 34.8. The number of aromatic amines is 4. The van der Waals surface area contributed by atoms with Gasteiger partial charge in [-0.1, -0.05) is 46.4 Å². The van der Waals surface area contributed by atoms with E-state index >= 15 is 0 Å². The minimum absolute atomic E-state index is 0.00227. The summed E-state index contributed by atoms with van der Waals surface area (Å²) in [5, 5.41) is 19.2. The van der Waals surface area contributed by atoms with Crippen molar-refractivity contribution >= 4 is 74.0 Å². The lowest BCUT2D eigenvalue weighted by Gasteiger charge is -2.44. The summed E-state index contributed by atoms with van der Waals surface area (Å²) in [4.78, 5) is 49.8. The number of hydrogen-bond acceptors (Lipinski definition) is 13. The van der Waals surface area contributed by atoms with Gasteiger partial charge >= 0.3 is 0 Å². The topological polar surface area (TPSA) is 189 Å². The van der Waals surface area contributed by atoms with Gasteiger partial charge in [0, 0.05) is 97.8 Å². The second kappa shape index (κ2) is 19.0. The second-order valence-corrected chi connectivity index (χ2v) is 21.3. The number of fused-ring (bicyclic) bond motifs is 4. The van der Waals surface area contributed by atoms with Crippen LogP contribution in [0, 0.1) is 11.8 Å². The molecule has 2 fully saturated rings. The number of ketones is 1. The first-order valence-electron chi connectivity index (χ1n) is 24.3. The van der Waals surface area contributed by atoms with Crippen molar-refractivity contribution in [3.05, 3.63) is 115 Å². The van der Waals surface area contributed by atoms with E-state index in [-0.39, 0.29) is 24.2 Å². The number of rotatable bonds is 12. The highest BCUT2D eigenvalue weighted by atomic mass is 35.5. The summed E-state index contributed by atoms with van der Waals surface area (Å²) in [5.41, 5.74) is 8.69. The molecule has 2 saturated heterocycles. The number of pyridine rings is 2. The Morgan fingerprint density at radius 2 is 1.04 bits per heavy atom. The Labute approximate surface area is 434 Å². The Bertz CT molecular complexity index is 3070. The normalized spacial score (nSPS) is 21.9. The molecule has 0 bridgehead atoms. The van der Waals surface area contributed by atoms with Gasteiger partial charge in [-0.15, -0.1) is 0 Å². The van der Waals surface area contributed by atoms with Crippen LogP contribution in [0.3, 0.4) is 0 Å². The fourth-order valence-electron chi connectivity index (χ4n) is 11.4. The number of likely N-dealkylation sites (tertiary alicyclic amines) is 2. The van der Waals surface area contributed by atoms with Crippen LogP contribution in [0.1, 0.15) is 85.6 Å². The number of Topliss-reactive ketones (excluding diaryl/α,β-unsaturated/α-hetero) is 1. The van der Waals surface area contributed by atoms with Crippen LogP contribution < -0.4 is 9.47 Å². The van der Waals surface area contributed by atoms with Crippen molar-refractivity contribution < 1.29 is 14.3 Å². The van der Waals surface area contributed by atoms with Crippen LogP contribution in [-0.4, -0.2) is 115 Å². The van der Waals surface area contributed by atoms with E-state index in [0.717, 1.165) is 94.7 Å². The maximum atomic E-state index is 14.6. The first-order valence-corrected chi connectivity index (χ1v) is 25.8. The number of nitrogens with zero attached hydrogens (tertiary/aromatic N) is 10. The van der Waals surface area contributed by atoms with Crippen molar-refractivity contribution in [2.24, 2.45) is 11.8 Å². The molecule has 6 atom stereocenters. The molecule has 2 aromatic carbocycles. The van der Waals surface area contributed by atoms with Gasteiger partial charge in [0.2, 0.25) is 0 Å². The van der Waals surface area contributed by atoms with Crippen LogP contribution in [-0.2, 0) is 31.0 Å². The minimum atomic E-state index is -0.406. The quantitative estimate of drug-likeness (QED) is 0.0906. The van der Waals surface area contributed by atoms with E-state index in [0.29, 0.717) is 86.3 Å². The number of aromatic nitrogens is 10. The predicted molar refractivity (Wildman–Crippen MR) is 276 cm³/mol. The van der Waals surface area contributed by atoms with Crippen molar-refractivity contribution in [2.45, 2.75) is 90.2 Å². The van der Waals surface area contributed by atoms with Crippen molar-refractivity contribution in [3.8, 4) is 34.5 Å². The summed E-state index contributed by atoms with van der Waals surface area (Å²) in [6.45, 7) is 8.35. The molecule has 6 aromatic heterocycles. The van der Waals surface area contributed by atoms with Crippen molar-refractivity contribution in [2.75, 3.05) is 27.2 Å². The number of H-pyrrole nitrogens is 4. The lowest BCUT2D eigenvalue weighted by molar-refractivity contribution is -0.134. The van der Waals surface area contributed by atoms with Gasteiger partial charge in [0.15, 0.2) is 11.6 Å². The van der Waals surface area contributed by atoms with Crippen LogP contribution in [0.5, 0.6) is 11.5 Å². The van der Waals surface area contributed by atoms with Gasteiger partial charge < -0.3 is 19.4 Å². The van der Waals surface area contributed by atoms with Gasteiger partial charge in [-0.25, -0.2) is 9.97 Å². The standard InChI is InChI=1S/C51H52Cl4N14O3/c1-25(45-33(52)17-56-18-34(45)53)71-29-5-7-37-31(15-29)47(64-62-37)50-58-39-21-68(22-40(39)59-50)43-13-27(9-11-66(43)3)49(70)28-10-12-67(4)44(14-28)69-23-41-42(24-69)61-51(60-41)48-32-16-30(6-8-38(32)63-65-48)72-26(2)46-35(54)19-57-20-36(46)55/h5-8,15-20,25-28,43-44H,9-14,21-24H2,1-4H3,(H,58,59)(H,60,61)(H,62,64)(H,63,65). The molecule has 0 spiro atoms. The zero-order chi connectivity index (χ0) is 49.5. The Kier molecular flexibility index (Phi) is 12.5. The SMILES string of the molecule is CC(Oc1ccc2[nH]nc(-c3nc4c([nH]3)CN(C3CC(C(=O)C5CCN(C)C(N6Cc7nc(-c8n[nH]c9ccc(OC(C)c%10c(Cl)cncc%10Cl)cc89)[nH]c7C6)C5)CCN3C)C4)c2c1)c1c(Cl)cncc1Cl. The van der Waals surface area contributed by atoms with Gasteiger partial charge in [0.25, 0.3) is 0 Å². The van der Waals surface area contributed by atoms with Crippen LogP contribution >= 0.6 is 46.4 Å². The molecular weight excluding hydrogens is 998 g/mol. The monoisotopic (exact) mass is 1050 g/mol. The molecular formula is C51H52Cl4N14O3. The minimum Gasteiger partial charge on any atom is -0.486 e. The highest BCUT2D eigenvalue weighted by Crippen LogP contribution is 2.40. The van der Waals surface area contributed by atoms with Gasteiger partial charge in [-0.2, -0.15) is 10.2 Å². The third-order valence-electron chi connectivity index (χ3n) is 15.2. The highest BCUT2D eigenvalue weighted by Gasteiger charge is 2.43. The summed E-state index contributed by atoms with van der Waals surface area (Å²) < 4.78 is 12.6. The van der Waals surface area contributed by atoms with E-state index in [9.17, 15) is 4.79 Å². The number of ether oxygens (including phenoxy) is 2. The number of piperidine rings is 2. The maximum absolute atomic E-state index is 14.6. The molecule has 4 aliphatic heterocycles. The average molecular weight is 1050 g/mol. The Hall–Kier alpha value is -5.63. The molecule has 8 aromatic rings. The molecule has 0 amide bonds. The summed E-state index contributed by atoms with van der Waals surface area (Å²) in [6, 6.07) is 11.6. The van der Waals surface area contributed by atoms with Crippen LogP contribution in [0.15, 0.2) is 61.2 Å². The van der Waals surface area contributed by atoms with E-state index in [4.69, 9.17) is 65.8 Å². The van der Waals surface area contributed by atoms with Crippen molar-refractivity contribution in [1.82, 2.24) is 69.9 Å². The molecule has 4 N–H and O–H groups in total. The smallest absolute Gasteiger partial charge is 0.159 e. The van der Waals surface area contributed by atoms with Gasteiger partial charge in [-0.05, 0) is 90.0 Å². The molecule has 6 unspecified atom stereocenters. The molecule has 0 saturated carbocycles. The van der Waals surface area contributed by atoms with Gasteiger partial charge in [0.1, 0.15) is 40.9 Å². The van der Waals surface area contributed by atoms with Gasteiger partial charge in [-0.3, -0.25) is 44.6 Å².